The zero-order chi connectivity index (χ0) is 29.4. The van der Waals surface area contributed by atoms with Crippen LogP contribution in [0, 0.1) is 0 Å². The Balaban J connectivity index is 1.45. The van der Waals surface area contributed by atoms with Gasteiger partial charge in [0.05, 0.1) is 0 Å². The Morgan fingerprint density at radius 2 is 1.49 bits per heavy atom. The number of nitrogens with two attached hydrogens (primary N) is 2. The average Bonchev–Trinajstić information content (AvgIpc) is 3.28. The molecule has 3 aromatic rings. The van der Waals surface area contributed by atoms with E-state index in [1.807, 2.05) is 48.5 Å². The number of aliphatic imine (C=N–C) groups is 1. The number of halogens is 1. The number of fused-ring (bicyclic) bond motifs is 3. The number of aliphatic carboxylic acids is 1. The number of carboxylic acid groups (broad SMARTS) is 1. The van der Waals surface area contributed by atoms with Gasteiger partial charge in [-0.3, -0.25) is 9.79 Å². The van der Waals surface area contributed by atoms with Gasteiger partial charge in [-0.2, -0.15) is 0 Å². The van der Waals surface area contributed by atoms with E-state index in [9.17, 15) is 23.9 Å². The molecule has 0 saturated carbocycles. The van der Waals surface area contributed by atoms with Gasteiger partial charge in [0.15, 0.2) is 12.0 Å². The van der Waals surface area contributed by atoms with Gasteiger partial charge in [0.2, 0.25) is 5.91 Å². The van der Waals surface area contributed by atoms with Gasteiger partial charge in [-0.1, -0.05) is 78.9 Å². The molecule has 1 aliphatic rings. The first-order valence-corrected chi connectivity index (χ1v) is 13.1. The number of hydrogen-bond acceptors (Lipinski definition) is 5. The second-order valence-corrected chi connectivity index (χ2v) is 9.65. The number of hydrogen-bond donors (Lipinski definition) is 5. The molecule has 0 spiro atoms. The summed E-state index contributed by atoms with van der Waals surface area (Å²) < 4.78 is 20.3. The SMILES string of the molecule is NC(N)=NCCC(F)[C@H](NC(=O)[C@H](Cc1ccccc1)NC(=O)OCC1c2ccccc2-c2ccccc21)C(=O)O. The Labute approximate surface area is 236 Å². The molecule has 0 fully saturated rings. The van der Waals surface area contributed by atoms with Gasteiger partial charge in [0.25, 0.3) is 0 Å². The molecule has 3 atom stereocenters. The summed E-state index contributed by atoms with van der Waals surface area (Å²) in [5, 5.41) is 14.3. The second-order valence-electron chi connectivity index (χ2n) is 9.65. The highest BCUT2D eigenvalue weighted by Crippen LogP contribution is 2.44. The summed E-state index contributed by atoms with van der Waals surface area (Å²) in [6.45, 7) is -0.136. The number of benzene rings is 3. The van der Waals surface area contributed by atoms with E-state index in [-0.39, 0.29) is 37.9 Å². The van der Waals surface area contributed by atoms with Crippen molar-refractivity contribution >= 4 is 23.9 Å². The molecule has 2 amide bonds. The maximum absolute atomic E-state index is 14.8. The lowest BCUT2D eigenvalue weighted by molar-refractivity contribution is -0.144. The molecule has 11 heteroatoms. The van der Waals surface area contributed by atoms with E-state index in [0.717, 1.165) is 22.3 Å². The standard InChI is InChI=1S/C30H32FN5O5/c31-24(14-15-34-29(32)33)26(28(38)39)36-27(37)25(16-18-8-2-1-3-9-18)35-30(40)41-17-23-21-12-6-4-10-19(21)20-11-5-7-13-22(20)23/h1-13,23-26H,14-17H2,(H,35,40)(H,36,37)(H,38,39)(H4,32,33,34)/t24?,25-,26-/m0/s1. The third-order valence-corrected chi connectivity index (χ3v) is 6.86. The van der Waals surface area contributed by atoms with Crippen LogP contribution in [0.4, 0.5) is 9.18 Å². The molecule has 0 aliphatic heterocycles. The highest BCUT2D eigenvalue weighted by Gasteiger charge is 2.34. The molecule has 0 saturated heterocycles. The Hall–Kier alpha value is -4.93. The van der Waals surface area contributed by atoms with Crippen LogP contribution in [-0.4, -0.2) is 60.4 Å². The molecule has 0 heterocycles. The van der Waals surface area contributed by atoms with E-state index < -0.39 is 36.2 Å². The van der Waals surface area contributed by atoms with E-state index in [0.29, 0.717) is 5.56 Å². The molecule has 4 rings (SSSR count). The number of rotatable bonds is 12. The summed E-state index contributed by atoms with van der Waals surface area (Å²) in [5.74, 6) is -2.90. The van der Waals surface area contributed by atoms with Crippen molar-refractivity contribution in [1.82, 2.24) is 10.6 Å². The summed E-state index contributed by atoms with van der Waals surface area (Å²) >= 11 is 0. The number of carboxylic acids is 1. The number of alkyl halides is 1. The van der Waals surface area contributed by atoms with Gasteiger partial charge >= 0.3 is 12.1 Å². The Bertz CT molecular complexity index is 1370. The molecule has 0 bridgehead atoms. The lowest BCUT2D eigenvalue weighted by atomic mass is 9.98. The molecule has 1 unspecified atom stereocenters. The van der Waals surface area contributed by atoms with Gasteiger partial charge in [-0.25, -0.2) is 14.0 Å². The fourth-order valence-electron chi connectivity index (χ4n) is 4.89. The number of carbonyl (C=O) groups excluding carboxylic acids is 2. The van der Waals surface area contributed by atoms with Crippen molar-refractivity contribution in [3.63, 3.8) is 0 Å². The van der Waals surface area contributed by atoms with E-state index in [1.54, 1.807) is 30.3 Å². The van der Waals surface area contributed by atoms with Crippen LogP contribution in [0.3, 0.4) is 0 Å². The summed E-state index contributed by atoms with van der Waals surface area (Å²) in [6, 6.07) is 21.5. The Kier molecular flexibility index (Phi) is 9.51. The molecule has 7 N–H and O–H groups in total. The van der Waals surface area contributed by atoms with Crippen LogP contribution in [0.25, 0.3) is 11.1 Å². The third-order valence-electron chi connectivity index (χ3n) is 6.86. The second kappa shape index (κ2) is 13.4. The highest BCUT2D eigenvalue weighted by atomic mass is 19.1. The average molecular weight is 562 g/mol. The Morgan fingerprint density at radius 3 is 2.07 bits per heavy atom. The molecule has 41 heavy (non-hydrogen) atoms. The smallest absolute Gasteiger partial charge is 0.407 e. The van der Waals surface area contributed by atoms with Crippen molar-refractivity contribution < 1.29 is 28.6 Å². The van der Waals surface area contributed by atoms with E-state index in [4.69, 9.17) is 16.2 Å². The number of guanidine groups is 1. The molecule has 3 aromatic carbocycles. The van der Waals surface area contributed by atoms with Gasteiger partial charge in [0.1, 0.15) is 18.8 Å². The molecule has 1 aliphatic carbocycles. The minimum Gasteiger partial charge on any atom is -0.480 e. The molecular formula is C30H32FN5O5. The molecule has 214 valence electrons. The van der Waals surface area contributed by atoms with Gasteiger partial charge in [-0.05, 0) is 27.8 Å². The number of nitrogens with zero attached hydrogens (tertiary/aromatic N) is 1. The van der Waals surface area contributed by atoms with Crippen molar-refractivity contribution in [2.24, 2.45) is 16.5 Å². The first-order valence-electron chi connectivity index (χ1n) is 13.1. The van der Waals surface area contributed by atoms with Crippen molar-refractivity contribution in [2.75, 3.05) is 13.2 Å². The lowest BCUT2D eigenvalue weighted by Gasteiger charge is -2.23. The molecule has 0 aromatic heterocycles. The van der Waals surface area contributed by atoms with Crippen LogP contribution < -0.4 is 22.1 Å². The topological polar surface area (TPSA) is 169 Å². The van der Waals surface area contributed by atoms with Crippen molar-refractivity contribution in [3.05, 3.63) is 95.6 Å². The predicted molar refractivity (Wildman–Crippen MR) is 152 cm³/mol. The van der Waals surface area contributed by atoms with Crippen molar-refractivity contribution in [1.29, 1.82) is 0 Å². The predicted octanol–water partition coefficient (Wildman–Crippen LogP) is 2.71. The van der Waals surface area contributed by atoms with Gasteiger partial charge < -0.3 is 31.9 Å². The zero-order valence-electron chi connectivity index (χ0n) is 22.2. The van der Waals surface area contributed by atoms with Crippen molar-refractivity contribution in [2.45, 2.75) is 37.0 Å². The number of carbonyl (C=O) groups is 3. The van der Waals surface area contributed by atoms with Crippen LogP contribution in [0.2, 0.25) is 0 Å². The Morgan fingerprint density at radius 1 is 0.902 bits per heavy atom. The zero-order valence-corrected chi connectivity index (χ0v) is 22.2. The van der Waals surface area contributed by atoms with Crippen LogP contribution in [0.5, 0.6) is 0 Å². The van der Waals surface area contributed by atoms with E-state index in [1.165, 1.54) is 0 Å². The quantitative estimate of drug-likeness (QED) is 0.167. The van der Waals surface area contributed by atoms with Crippen LogP contribution in [0.1, 0.15) is 29.0 Å². The maximum atomic E-state index is 14.8. The fourth-order valence-corrected chi connectivity index (χ4v) is 4.89. The van der Waals surface area contributed by atoms with Gasteiger partial charge in [0, 0.05) is 25.3 Å². The summed E-state index contributed by atoms with van der Waals surface area (Å²) in [7, 11) is 0. The number of amides is 2. The molecular weight excluding hydrogens is 529 g/mol. The first-order chi connectivity index (χ1) is 19.7. The fraction of sp³-hybridized carbons (Fsp3) is 0.267. The monoisotopic (exact) mass is 561 g/mol. The van der Waals surface area contributed by atoms with E-state index in [2.05, 4.69) is 15.6 Å². The minimum absolute atomic E-state index is 0.0220. The van der Waals surface area contributed by atoms with Crippen LogP contribution in [-0.2, 0) is 20.7 Å². The summed E-state index contributed by atoms with van der Waals surface area (Å²) in [4.78, 5) is 41.6. The summed E-state index contributed by atoms with van der Waals surface area (Å²) in [6.07, 6.45) is -3.15. The van der Waals surface area contributed by atoms with Crippen molar-refractivity contribution in [3.8, 4) is 11.1 Å². The summed E-state index contributed by atoms with van der Waals surface area (Å²) in [5.41, 5.74) is 15.4. The number of alkyl carbamates (subject to hydrolysis) is 1. The van der Waals surface area contributed by atoms with Gasteiger partial charge in [-0.15, -0.1) is 0 Å². The maximum Gasteiger partial charge on any atom is 0.407 e. The minimum atomic E-state index is -1.98. The van der Waals surface area contributed by atoms with Crippen LogP contribution in [0.15, 0.2) is 83.9 Å². The van der Waals surface area contributed by atoms with E-state index >= 15 is 0 Å². The lowest BCUT2D eigenvalue weighted by Crippen LogP contribution is -2.55. The molecule has 10 nitrogen and oxygen atoms in total. The number of ether oxygens (including phenoxy) is 1. The third kappa shape index (κ3) is 7.38. The highest BCUT2D eigenvalue weighted by molar-refractivity contribution is 5.90. The first kappa shape index (κ1) is 29.1. The molecule has 0 radical (unpaired) electrons. The van der Waals surface area contributed by atoms with Crippen LogP contribution >= 0.6 is 0 Å². The normalized spacial score (nSPS) is 14.1. The number of nitrogens with one attached hydrogen (secondary N) is 2. The largest absolute Gasteiger partial charge is 0.480 e.